The highest BCUT2D eigenvalue weighted by Crippen LogP contribution is 2.39. The second kappa shape index (κ2) is 22.1. The summed E-state index contributed by atoms with van der Waals surface area (Å²) in [5.74, 6) is -2.52. The first-order valence-electron chi connectivity index (χ1n) is 14.9. The monoisotopic (exact) mass is 704 g/mol. The number of ether oxygens (including phenoxy) is 8. The predicted molar refractivity (Wildman–Crippen MR) is 173 cm³/mol. The van der Waals surface area contributed by atoms with Crippen molar-refractivity contribution in [3.05, 3.63) is 48.6 Å². The quantitative estimate of drug-likeness (QED) is 0.0619. The lowest BCUT2D eigenvalue weighted by atomic mass is 9.83. The molecule has 16 heteroatoms. The van der Waals surface area contributed by atoms with Crippen LogP contribution in [0.5, 0.6) is 0 Å². The van der Waals surface area contributed by atoms with Gasteiger partial charge in [0.2, 0.25) is 0 Å². The molecule has 0 saturated heterocycles. The zero-order valence-electron chi connectivity index (χ0n) is 29.5. The average Bonchev–Trinajstić information content (AvgIpc) is 3.05. The maximum absolute atomic E-state index is 12.6. The van der Waals surface area contributed by atoms with Gasteiger partial charge in [0, 0.05) is 28.4 Å². The SMILES string of the molecule is C=C(C)C(=O)C(COC(O)C(C(O)OCC(OC)C(=O)C(=C)C)(C(O)OCC(OC)C(=O)C(=C)C)C(O)OCC(OC)C(=O)C(=C)C)OC. The van der Waals surface area contributed by atoms with E-state index >= 15 is 0 Å². The number of aliphatic hydroxyl groups is 4. The highest BCUT2D eigenvalue weighted by Gasteiger charge is 2.60. The Labute approximate surface area is 286 Å². The van der Waals surface area contributed by atoms with E-state index in [1.54, 1.807) is 0 Å². The number of hydrogen-bond acceptors (Lipinski definition) is 16. The minimum atomic E-state index is -3.04. The third-order valence-electron chi connectivity index (χ3n) is 7.32. The zero-order chi connectivity index (χ0) is 38.2. The van der Waals surface area contributed by atoms with Gasteiger partial charge in [-0.1, -0.05) is 26.3 Å². The Morgan fingerprint density at radius 1 is 0.449 bits per heavy atom. The van der Waals surface area contributed by atoms with E-state index in [4.69, 9.17) is 37.9 Å². The molecule has 49 heavy (non-hydrogen) atoms. The van der Waals surface area contributed by atoms with Crippen molar-refractivity contribution in [2.45, 2.75) is 77.3 Å². The summed E-state index contributed by atoms with van der Waals surface area (Å²) in [5.41, 5.74) is -2.76. The molecule has 0 aliphatic heterocycles. The summed E-state index contributed by atoms with van der Waals surface area (Å²) < 4.78 is 42.4. The molecule has 0 aromatic heterocycles. The Hall–Kier alpha value is -2.84. The second-order valence-electron chi connectivity index (χ2n) is 11.2. The van der Waals surface area contributed by atoms with Crippen LogP contribution in [0.1, 0.15) is 27.7 Å². The summed E-state index contributed by atoms with van der Waals surface area (Å²) in [5, 5.41) is 46.1. The molecular weight excluding hydrogens is 652 g/mol. The van der Waals surface area contributed by atoms with Gasteiger partial charge in [-0.2, -0.15) is 0 Å². The number of ketones is 4. The maximum atomic E-state index is 12.6. The highest BCUT2D eigenvalue weighted by molar-refractivity contribution is 5.99. The maximum Gasteiger partial charge on any atom is 0.189 e. The smallest absolute Gasteiger partial charge is 0.189 e. The normalized spacial score (nSPS) is 17.7. The fourth-order valence-electron chi connectivity index (χ4n) is 4.13. The fraction of sp³-hybridized carbons (Fsp3) is 0.636. The molecule has 0 fully saturated rings. The number of carbonyl (C=O) groups is 4. The number of methoxy groups -OCH3 is 4. The van der Waals surface area contributed by atoms with Gasteiger partial charge >= 0.3 is 0 Å². The second-order valence-corrected chi connectivity index (χ2v) is 11.2. The van der Waals surface area contributed by atoms with E-state index in [-0.39, 0.29) is 22.3 Å². The molecule has 16 nitrogen and oxygen atoms in total. The van der Waals surface area contributed by atoms with Crippen LogP contribution >= 0.6 is 0 Å². The Morgan fingerprint density at radius 2 is 0.612 bits per heavy atom. The van der Waals surface area contributed by atoms with Crippen LogP contribution in [0.15, 0.2) is 48.6 Å². The van der Waals surface area contributed by atoms with E-state index in [9.17, 15) is 39.6 Å². The Kier molecular flexibility index (Phi) is 20.8. The number of rotatable bonds is 28. The number of Topliss-reactive ketones (excluding diaryl/α,β-unsaturated/α-hetero) is 4. The zero-order valence-corrected chi connectivity index (χ0v) is 29.5. The first kappa shape index (κ1) is 46.2. The first-order valence-corrected chi connectivity index (χ1v) is 14.9. The minimum Gasteiger partial charge on any atom is -0.371 e. The van der Waals surface area contributed by atoms with E-state index in [1.807, 2.05) is 0 Å². The predicted octanol–water partition coefficient (Wildman–Crippen LogP) is -0.0464. The summed E-state index contributed by atoms with van der Waals surface area (Å²) in [6.45, 7) is 16.8. The van der Waals surface area contributed by atoms with Gasteiger partial charge in [0.25, 0.3) is 0 Å². The molecule has 280 valence electrons. The van der Waals surface area contributed by atoms with Crippen LogP contribution in [0.3, 0.4) is 0 Å². The molecule has 0 bridgehead atoms. The molecule has 0 amide bonds. The lowest BCUT2D eigenvalue weighted by Gasteiger charge is -2.46. The third-order valence-corrected chi connectivity index (χ3v) is 7.32. The number of aliphatic hydroxyl groups excluding tert-OH is 4. The van der Waals surface area contributed by atoms with E-state index in [0.29, 0.717) is 0 Å². The lowest BCUT2D eigenvalue weighted by molar-refractivity contribution is -0.398. The summed E-state index contributed by atoms with van der Waals surface area (Å²) in [6.07, 6.45) is -15.7. The van der Waals surface area contributed by atoms with Gasteiger partial charge in [-0.05, 0) is 50.0 Å². The third kappa shape index (κ3) is 12.8. The summed E-state index contributed by atoms with van der Waals surface area (Å²) >= 11 is 0. The van der Waals surface area contributed by atoms with Crippen molar-refractivity contribution in [1.29, 1.82) is 0 Å². The molecule has 0 heterocycles. The highest BCUT2D eigenvalue weighted by atomic mass is 16.7. The molecule has 4 N–H and O–H groups in total. The lowest BCUT2D eigenvalue weighted by Crippen LogP contribution is -2.64. The first-order chi connectivity index (χ1) is 22.8. The van der Waals surface area contributed by atoms with Crippen LogP contribution in [-0.2, 0) is 57.1 Å². The standard InChI is InChI=1S/C33H52O16/c1-17(2)25(34)21(42-9)13-46-29(38)33(30(39)47-14-22(43-10)26(35)18(3)4,31(40)48-15-23(44-11)27(36)19(5)6)32(41)49-16-24(45-12)28(37)20(7)8/h21-24,29-32,38-41H,1,3,5,7,13-16H2,2,4,6,8-12H3. The van der Waals surface area contributed by atoms with E-state index in [1.165, 1.54) is 56.1 Å². The fourth-order valence-corrected chi connectivity index (χ4v) is 4.13. The summed E-state index contributed by atoms with van der Waals surface area (Å²) in [7, 11) is 4.66. The molecule has 0 spiro atoms. The Bertz CT molecular complexity index is 998. The molecule has 0 radical (unpaired) electrons. The molecule has 0 aliphatic carbocycles. The van der Waals surface area contributed by atoms with Gasteiger partial charge in [0.15, 0.2) is 53.7 Å². The topological polar surface area (TPSA) is 223 Å². The molecule has 0 saturated carbocycles. The molecular formula is C33H52O16. The van der Waals surface area contributed by atoms with E-state index in [0.717, 1.165) is 0 Å². The van der Waals surface area contributed by atoms with Crippen molar-refractivity contribution in [2.24, 2.45) is 5.41 Å². The summed E-state index contributed by atoms with van der Waals surface area (Å²) in [4.78, 5) is 50.2. The van der Waals surface area contributed by atoms with Crippen LogP contribution in [0.4, 0.5) is 0 Å². The molecule has 0 aromatic carbocycles. The molecule has 0 aliphatic rings. The van der Waals surface area contributed by atoms with Crippen LogP contribution < -0.4 is 0 Å². The molecule has 0 aromatic rings. The Balaban J connectivity index is 7.13. The Morgan fingerprint density at radius 3 is 0.735 bits per heavy atom. The van der Waals surface area contributed by atoms with Crippen molar-refractivity contribution in [3.63, 3.8) is 0 Å². The van der Waals surface area contributed by atoms with Crippen LogP contribution in [-0.4, -0.2) is 148 Å². The average molecular weight is 705 g/mol. The van der Waals surface area contributed by atoms with Gasteiger partial charge in [-0.15, -0.1) is 0 Å². The largest absolute Gasteiger partial charge is 0.371 e. The number of carbonyl (C=O) groups excluding carboxylic acids is 4. The van der Waals surface area contributed by atoms with Crippen LogP contribution in [0, 0.1) is 5.41 Å². The van der Waals surface area contributed by atoms with E-state index < -0.39 is 105 Å². The number of hydrogen-bond donors (Lipinski definition) is 4. The van der Waals surface area contributed by atoms with Crippen molar-refractivity contribution in [3.8, 4) is 0 Å². The minimum absolute atomic E-state index is 0.0691. The van der Waals surface area contributed by atoms with Crippen molar-refractivity contribution < 1.29 is 77.5 Å². The van der Waals surface area contributed by atoms with Gasteiger partial charge in [0.1, 0.15) is 24.4 Å². The summed E-state index contributed by atoms with van der Waals surface area (Å²) in [6, 6.07) is 0. The van der Waals surface area contributed by atoms with E-state index in [2.05, 4.69) is 26.3 Å². The molecule has 8 unspecified atom stereocenters. The van der Waals surface area contributed by atoms with Gasteiger partial charge in [0.05, 0.1) is 26.4 Å². The molecule has 0 rings (SSSR count). The van der Waals surface area contributed by atoms with Crippen LogP contribution in [0.25, 0.3) is 0 Å². The van der Waals surface area contributed by atoms with Crippen molar-refractivity contribution in [2.75, 3.05) is 54.9 Å². The van der Waals surface area contributed by atoms with Gasteiger partial charge < -0.3 is 58.3 Å². The van der Waals surface area contributed by atoms with Gasteiger partial charge in [-0.3, -0.25) is 19.2 Å². The van der Waals surface area contributed by atoms with Crippen molar-refractivity contribution >= 4 is 23.1 Å². The molecule has 8 atom stereocenters. The van der Waals surface area contributed by atoms with Gasteiger partial charge in [-0.25, -0.2) is 0 Å². The van der Waals surface area contributed by atoms with Crippen molar-refractivity contribution in [1.82, 2.24) is 0 Å². The van der Waals surface area contributed by atoms with Crippen LogP contribution in [0.2, 0.25) is 0 Å².